The van der Waals surface area contributed by atoms with Gasteiger partial charge in [-0.3, -0.25) is 10.1 Å². The van der Waals surface area contributed by atoms with E-state index in [1.807, 2.05) is 12.1 Å². The van der Waals surface area contributed by atoms with Gasteiger partial charge in [-0.2, -0.15) is 0 Å². The molecule has 4 nitrogen and oxygen atoms in total. The van der Waals surface area contributed by atoms with Crippen LogP contribution in [0.2, 0.25) is 0 Å². The molecule has 2 rings (SSSR count). The lowest BCUT2D eigenvalue weighted by Crippen LogP contribution is -2.50. The Morgan fingerprint density at radius 2 is 2.09 bits per heavy atom. The van der Waals surface area contributed by atoms with Gasteiger partial charge in [0.05, 0.1) is 6.54 Å². The molecule has 2 N–H and O–H groups in total. The second-order valence-electron chi connectivity index (χ2n) is 6.26. The number of ether oxygens (including phenoxy) is 1. The molecular formula is C17H25BrN2O2. The number of hydrogen-bond acceptors (Lipinski definition) is 3. The highest BCUT2D eigenvalue weighted by Gasteiger charge is 2.34. The first-order valence-electron chi connectivity index (χ1n) is 7.87. The van der Waals surface area contributed by atoms with Gasteiger partial charge >= 0.3 is 0 Å². The zero-order valence-electron chi connectivity index (χ0n) is 13.3. The molecule has 1 aromatic rings. The smallest absolute Gasteiger partial charge is 0.233 e. The Balaban J connectivity index is 2.05. The van der Waals surface area contributed by atoms with Crippen LogP contribution in [0.1, 0.15) is 32.3 Å². The third kappa shape index (κ3) is 4.80. The first kappa shape index (κ1) is 17.4. The summed E-state index contributed by atoms with van der Waals surface area (Å²) in [5, 5.41) is 6.45. The van der Waals surface area contributed by atoms with Gasteiger partial charge in [-0.05, 0) is 36.5 Å². The van der Waals surface area contributed by atoms with Crippen molar-refractivity contribution in [3.05, 3.63) is 34.3 Å². The van der Waals surface area contributed by atoms with E-state index in [9.17, 15) is 4.79 Å². The lowest BCUT2D eigenvalue weighted by Gasteiger charge is -2.38. The maximum absolute atomic E-state index is 12.0. The topological polar surface area (TPSA) is 50.4 Å². The molecule has 0 unspecified atom stereocenters. The van der Waals surface area contributed by atoms with Crippen molar-refractivity contribution in [1.82, 2.24) is 10.6 Å². The normalized spacial score (nSPS) is 17.5. The fraction of sp³-hybridized carbons (Fsp3) is 0.588. The molecule has 22 heavy (non-hydrogen) atoms. The first-order chi connectivity index (χ1) is 10.5. The van der Waals surface area contributed by atoms with Crippen LogP contribution in [-0.4, -0.2) is 32.2 Å². The fourth-order valence-corrected chi connectivity index (χ4v) is 3.10. The van der Waals surface area contributed by atoms with E-state index in [4.69, 9.17) is 4.74 Å². The minimum Gasteiger partial charge on any atom is -0.381 e. The van der Waals surface area contributed by atoms with E-state index < -0.39 is 0 Å². The SMILES string of the molecule is CC(C)CNC(=O)CNC1(c2cccc(Br)c2)CCOCC1. The summed E-state index contributed by atoms with van der Waals surface area (Å²) in [6.45, 7) is 6.66. The molecule has 5 heteroatoms. The number of nitrogens with one attached hydrogen (secondary N) is 2. The number of rotatable bonds is 6. The predicted octanol–water partition coefficient (Wildman–Crippen LogP) is 2.82. The van der Waals surface area contributed by atoms with Gasteiger partial charge in [-0.1, -0.05) is 41.9 Å². The fourth-order valence-electron chi connectivity index (χ4n) is 2.70. The third-order valence-corrected chi connectivity index (χ3v) is 4.51. The molecule has 0 aliphatic carbocycles. The van der Waals surface area contributed by atoms with Gasteiger partial charge in [-0.15, -0.1) is 0 Å². The highest BCUT2D eigenvalue weighted by Crippen LogP contribution is 2.33. The molecular weight excluding hydrogens is 344 g/mol. The summed E-state index contributed by atoms with van der Waals surface area (Å²) in [4.78, 5) is 12.0. The van der Waals surface area contributed by atoms with Crippen molar-refractivity contribution in [3.63, 3.8) is 0 Å². The molecule has 1 amide bonds. The van der Waals surface area contributed by atoms with Crippen molar-refractivity contribution in [1.29, 1.82) is 0 Å². The van der Waals surface area contributed by atoms with Crippen LogP contribution in [0.5, 0.6) is 0 Å². The molecule has 0 radical (unpaired) electrons. The number of carbonyl (C=O) groups is 1. The standard InChI is InChI=1S/C17H25BrN2O2/c1-13(2)11-19-16(21)12-20-17(6-8-22-9-7-17)14-4-3-5-15(18)10-14/h3-5,10,13,20H,6-9,11-12H2,1-2H3,(H,19,21). The van der Waals surface area contributed by atoms with E-state index in [2.05, 4.69) is 52.5 Å². The summed E-state index contributed by atoms with van der Waals surface area (Å²) in [5.74, 6) is 0.514. The molecule has 1 heterocycles. The van der Waals surface area contributed by atoms with Crippen LogP contribution in [0.3, 0.4) is 0 Å². The van der Waals surface area contributed by atoms with E-state index in [1.54, 1.807) is 0 Å². The lowest BCUT2D eigenvalue weighted by molar-refractivity contribution is -0.121. The molecule has 122 valence electrons. The Morgan fingerprint density at radius 3 is 2.73 bits per heavy atom. The van der Waals surface area contributed by atoms with Gasteiger partial charge in [0.15, 0.2) is 0 Å². The summed E-state index contributed by atoms with van der Waals surface area (Å²) in [6.07, 6.45) is 1.75. The Bertz CT molecular complexity index is 499. The monoisotopic (exact) mass is 368 g/mol. The van der Waals surface area contributed by atoms with Crippen LogP contribution in [0.4, 0.5) is 0 Å². The van der Waals surface area contributed by atoms with Crippen LogP contribution < -0.4 is 10.6 Å². The Hall–Kier alpha value is -0.910. The van der Waals surface area contributed by atoms with Crippen molar-refractivity contribution in [2.24, 2.45) is 5.92 Å². The molecule has 1 aliphatic rings. The quantitative estimate of drug-likeness (QED) is 0.811. The van der Waals surface area contributed by atoms with Gasteiger partial charge in [-0.25, -0.2) is 0 Å². The van der Waals surface area contributed by atoms with Crippen LogP contribution in [0.15, 0.2) is 28.7 Å². The summed E-state index contributed by atoms with van der Waals surface area (Å²) in [6, 6.07) is 8.31. The maximum atomic E-state index is 12.0. The molecule has 0 atom stereocenters. The Kier molecular flexibility index (Phi) is 6.41. The van der Waals surface area contributed by atoms with Crippen molar-refractivity contribution in [2.45, 2.75) is 32.2 Å². The molecule has 1 saturated heterocycles. The zero-order valence-corrected chi connectivity index (χ0v) is 14.9. The molecule has 1 aromatic carbocycles. The van der Waals surface area contributed by atoms with Crippen molar-refractivity contribution in [3.8, 4) is 0 Å². The van der Waals surface area contributed by atoms with Crippen molar-refractivity contribution in [2.75, 3.05) is 26.3 Å². The first-order valence-corrected chi connectivity index (χ1v) is 8.67. The average molecular weight is 369 g/mol. The number of benzene rings is 1. The van der Waals surface area contributed by atoms with E-state index in [-0.39, 0.29) is 11.4 Å². The van der Waals surface area contributed by atoms with Gasteiger partial charge < -0.3 is 10.1 Å². The van der Waals surface area contributed by atoms with E-state index in [0.717, 1.165) is 17.3 Å². The zero-order chi connectivity index (χ0) is 16.0. The Labute approximate surface area is 141 Å². The minimum atomic E-state index is -0.183. The van der Waals surface area contributed by atoms with Crippen LogP contribution in [-0.2, 0) is 15.1 Å². The number of hydrogen-bond donors (Lipinski definition) is 2. The van der Waals surface area contributed by atoms with Gasteiger partial charge in [0.1, 0.15) is 0 Å². The molecule has 1 fully saturated rings. The number of carbonyl (C=O) groups excluding carboxylic acids is 1. The van der Waals surface area contributed by atoms with Crippen molar-refractivity contribution < 1.29 is 9.53 Å². The second-order valence-corrected chi connectivity index (χ2v) is 7.17. The average Bonchev–Trinajstić information content (AvgIpc) is 2.52. The molecule has 1 aliphatic heterocycles. The van der Waals surface area contributed by atoms with Gasteiger partial charge in [0, 0.05) is 29.8 Å². The minimum absolute atomic E-state index is 0.0505. The van der Waals surface area contributed by atoms with E-state index in [1.165, 1.54) is 5.56 Å². The summed E-state index contributed by atoms with van der Waals surface area (Å²) in [7, 11) is 0. The summed E-state index contributed by atoms with van der Waals surface area (Å²) < 4.78 is 6.57. The van der Waals surface area contributed by atoms with E-state index >= 15 is 0 Å². The van der Waals surface area contributed by atoms with E-state index in [0.29, 0.717) is 32.2 Å². The van der Waals surface area contributed by atoms with Crippen LogP contribution in [0, 0.1) is 5.92 Å². The van der Waals surface area contributed by atoms with Crippen molar-refractivity contribution >= 4 is 21.8 Å². The van der Waals surface area contributed by atoms with Gasteiger partial charge in [0.25, 0.3) is 0 Å². The molecule has 0 bridgehead atoms. The number of amides is 1. The summed E-state index contributed by atoms with van der Waals surface area (Å²) in [5.41, 5.74) is 1.03. The molecule has 0 aromatic heterocycles. The Morgan fingerprint density at radius 1 is 1.36 bits per heavy atom. The van der Waals surface area contributed by atoms with Crippen LogP contribution in [0.25, 0.3) is 0 Å². The van der Waals surface area contributed by atoms with Gasteiger partial charge in [0.2, 0.25) is 5.91 Å². The molecule has 0 saturated carbocycles. The third-order valence-electron chi connectivity index (χ3n) is 4.02. The highest BCUT2D eigenvalue weighted by molar-refractivity contribution is 9.10. The summed E-state index contributed by atoms with van der Waals surface area (Å²) >= 11 is 3.54. The van der Waals surface area contributed by atoms with Crippen LogP contribution >= 0.6 is 15.9 Å². The molecule has 0 spiro atoms. The lowest BCUT2D eigenvalue weighted by atomic mass is 9.82. The number of halogens is 1. The largest absolute Gasteiger partial charge is 0.381 e. The predicted molar refractivity (Wildman–Crippen MR) is 91.7 cm³/mol. The maximum Gasteiger partial charge on any atom is 0.233 e. The second kappa shape index (κ2) is 8.09. The highest BCUT2D eigenvalue weighted by atomic mass is 79.9.